The van der Waals surface area contributed by atoms with Gasteiger partial charge in [-0.1, -0.05) is 29.8 Å². The third-order valence-corrected chi connectivity index (χ3v) is 5.98. The van der Waals surface area contributed by atoms with Crippen molar-refractivity contribution in [2.45, 2.75) is 39.3 Å². The van der Waals surface area contributed by atoms with Gasteiger partial charge in [-0.3, -0.25) is 9.59 Å². The summed E-state index contributed by atoms with van der Waals surface area (Å²) in [5, 5.41) is 2.73. The Morgan fingerprint density at radius 3 is 2.46 bits per heavy atom. The van der Waals surface area contributed by atoms with Crippen molar-refractivity contribution in [1.82, 2.24) is 10.2 Å². The number of carbonyl (C=O) groups excluding carboxylic acids is 2. The smallest absolute Gasteiger partial charge is 0.232 e. The fraction of sp³-hybridized carbons (Fsp3) is 0.529. The largest absolute Gasteiger partial charge is 0.352 e. The van der Waals surface area contributed by atoms with E-state index in [9.17, 15) is 18.0 Å². The fourth-order valence-corrected chi connectivity index (χ4v) is 4.60. The molecule has 1 saturated heterocycles. The van der Waals surface area contributed by atoms with E-state index in [-0.39, 0.29) is 35.8 Å². The van der Waals surface area contributed by atoms with Crippen molar-refractivity contribution in [2.75, 3.05) is 18.1 Å². The highest BCUT2D eigenvalue weighted by Crippen LogP contribution is 2.18. The molecule has 1 heterocycles. The van der Waals surface area contributed by atoms with Crippen molar-refractivity contribution in [1.29, 1.82) is 0 Å². The second-order valence-electron chi connectivity index (χ2n) is 6.18. The van der Waals surface area contributed by atoms with Gasteiger partial charge in [-0.25, -0.2) is 8.42 Å². The van der Waals surface area contributed by atoms with Crippen LogP contribution in [0.1, 0.15) is 30.9 Å². The van der Waals surface area contributed by atoms with Gasteiger partial charge in [0.1, 0.15) is 6.42 Å². The Kier molecular flexibility index (Phi) is 5.99. The molecule has 1 N–H and O–H groups in total. The highest BCUT2D eigenvalue weighted by atomic mass is 32.2. The highest BCUT2D eigenvalue weighted by molar-refractivity contribution is 7.91. The Labute approximate surface area is 143 Å². The third kappa shape index (κ3) is 5.06. The first-order chi connectivity index (χ1) is 11.3. The molecular formula is C17H24N2O4S. The van der Waals surface area contributed by atoms with Crippen LogP contribution in [-0.2, 0) is 26.0 Å². The van der Waals surface area contributed by atoms with Crippen LogP contribution in [0.5, 0.6) is 0 Å². The van der Waals surface area contributed by atoms with E-state index in [4.69, 9.17) is 0 Å². The number of nitrogens with one attached hydrogen (secondary N) is 1. The van der Waals surface area contributed by atoms with Gasteiger partial charge >= 0.3 is 0 Å². The predicted molar refractivity (Wildman–Crippen MR) is 92.1 cm³/mol. The van der Waals surface area contributed by atoms with Crippen LogP contribution in [0.2, 0.25) is 0 Å². The number of carbonyl (C=O) groups is 2. The van der Waals surface area contributed by atoms with Crippen molar-refractivity contribution >= 4 is 21.7 Å². The highest BCUT2D eigenvalue weighted by Gasteiger charge is 2.34. The van der Waals surface area contributed by atoms with E-state index >= 15 is 0 Å². The van der Waals surface area contributed by atoms with Crippen LogP contribution in [0, 0.1) is 6.92 Å². The topological polar surface area (TPSA) is 83.6 Å². The molecule has 0 aliphatic carbocycles. The monoisotopic (exact) mass is 352 g/mol. The molecule has 0 bridgehead atoms. The summed E-state index contributed by atoms with van der Waals surface area (Å²) in [5.74, 6) is -0.556. The molecule has 1 aromatic rings. The summed E-state index contributed by atoms with van der Waals surface area (Å²) in [6.45, 7) is 4.57. The molecule has 2 amide bonds. The van der Waals surface area contributed by atoms with E-state index in [2.05, 4.69) is 5.32 Å². The van der Waals surface area contributed by atoms with E-state index in [0.29, 0.717) is 19.5 Å². The molecule has 1 aliphatic rings. The van der Waals surface area contributed by atoms with Crippen molar-refractivity contribution in [3.63, 3.8) is 0 Å². The van der Waals surface area contributed by atoms with Gasteiger partial charge in [0.05, 0.1) is 11.5 Å². The minimum absolute atomic E-state index is 0.00242. The number of hydrogen-bond acceptors (Lipinski definition) is 4. The van der Waals surface area contributed by atoms with E-state index in [1.165, 1.54) is 4.90 Å². The lowest BCUT2D eigenvalue weighted by Crippen LogP contribution is -2.43. The van der Waals surface area contributed by atoms with Gasteiger partial charge in [0.2, 0.25) is 11.8 Å². The molecule has 1 atom stereocenters. The van der Waals surface area contributed by atoms with Gasteiger partial charge in [0.25, 0.3) is 0 Å². The number of amides is 2. The van der Waals surface area contributed by atoms with Gasteiger partial charge in [0.15, 0.2) is 9.84 Å². The molecule has 1 fully saturated rings. The number of benzene rings is 1. The second-order valence-corrected chi connectivity index (χ2v) is 8.40. The molecule has 0 spiro atoms. The van der Waals surface area contributed by atoms with Gasteiger partial charge in [0, 0.05) is 19.1 Å². The minimum atomic E-state index is -3.06. The fourth-order valence-electron chi connectivity index (χ4n) is 2.87. The van der Waals surface area contributed by atoms with Crippen LogP contribution in [0.3, 0.4) is 0 Å². The first-order valence-corrected chi connectivity index (χ1v) is 9.95. The van der Waals surface area contributed by atoms with E-state index in [1.807, 2.05) is 31.2 Å². The lowest BCUT2D eigenvalue weighted by Gasteiger charge is -2.26. The first kappa shape index (κ1) is 18.4. The summed E-state index contributed by atoms with van der Waals surface area (Å²) in [6, 6.07) is 7.48. The van der Waals surface area contributed by atoms with Crippen LogP contribution < -0.4 is 5.32 Å². The number of aryl methyl sites for hydroxylation is 1. The van der Waals surface area contributed by atoms with Crippen LogP contribution >= 0.6 is 0 Å². The predicted octanol–water partition coefficient (Wildman–Crippen LogP) is 1.04. The molecule has 1 aromatic carbocycles. The van der Waals surface area contributed by atoms with Crippen molar-refractivity contribution in [3.8, 4) is 0 Å². The summed E-state index contributed by atoms with van der Waals surface area (Å²) in [4.78, 5) is 25.8. The normalized spacial score (nSPS) is 19.0. The molecule has 0 saturated carbocycles. The quantitative estimate of drug-likeness (QED) is 0.775. The minimum Gasteiger partial charge on any atom is -0.352 e. The van der Waals surface area contributed by atoms with Crippen LogP contribution in [0.15, 0.2) is 24.3 Å². The summed E-state index contributed by atoms with van der Waals surface area (Å²) in [5.41, 5.74) is 2.11. The maximum atomic E-state index is 12.3. The van der Waals surface area contributed by atoms with Gasteiger partial charge in [-0.2, -0.15) is 0 Å². The SMILES string of the molecule is CCN(C(=O)CC(=O)NCc1ccc(C)cc1)C1CCS(=O)(=O)C1. The molecule has 132 valence electrons. The Hall–Kier alpha value is -1.89. The van der Waals surface area contributed by atoms with Gasteiger partial charge < -0.3 is 10.2 Å². The second kappa shape index (κ2) is 7.79. The molecule has 1 unspecified atom stereocenters. The maximum Gasteiger partial charge on any atom is 0.232 e. The lowest BCUT2D eigenvalue weighted by molar-refractivity contribution is -0.137. The molecule has 1 aliphatic heterocycles. The maximum absolute atomic E-state index is 12.3. The van der Waals surface area contributed by atoms with Crippen molar-refractivity contribution < 1.29 is 18.0 Å². The Balaban J connectivity index is 1.85. The number of sulfone groups is 1. The zero-order chi connectivity index (χ0) is 17.7. The number of hydrogen-bond donors (Lipinski definition) is 1. The number of rotatable bonds is 6. The average Bonchev–Trinajstić information content (AvgIpc) is 2.87. The number of nitrogens with zero attached hydrogens (tertiary/aromatic N) is 1. The molecule has 0 aromatic heterocycles. The Bertz CT molecular complexity index is 698. The zero-order valence-corrected chi connectivity index (χ0v) is 14.9. The molecule has 24 heavy (non-hydrogen) atoms. The molecule has 6 nitrogen and oxygen atoms in total. The first-order valence-electron chi connectivity index (χ1n) is 8.13. The molecule has 0 radical (unpaired) electrons. The molecule has 2 rings (SSSR count). The zero-order valence-electron chi connectivity index (χ0n) is 14.1. The average molecular weight is 352 g/mol. The van der Waals surface area contributed by atoms with E-state index in [1.54, 1.807) is 6.92 Å². The Morgan fingerprint density at radius 1 is 1.25 bits per heavy atom. The van der Waals surface area contributed by atoms with Crippen LogP contribution in [-0.4, -0.2) is 49.2 Å². The Morgan fingerprint density at radius 2 is 1.92 bits per heavy atom. The van der Waals surface area contributed by atoms with Gasteiger partial charge in [-0.05, 0) is 25.8 Å². The summed E-state index contributed by atoms with van der Waals surface area (Å²) in [7, 11) is -3.06. The molecule has 7 heteroatoms. The molecular weight excluding hydrogens is 328 g/mol. The summed E-state index contributed by atoms with van der Waals surface area (Å²) >= 11 is 0. The van der Waals surface area contributed by atoms with E-state index < -0.39 is 9.84 Å². The standard InChI is InChI=1S/C17H24N2O4S/c1-3-19(15-8-9-24(22,23)12-15)17(21)10-16(20)18-11-14-6-4-13(2)5-7-14/h4-7,15H,3,8-12H2,1-2H3,(H,18,20). The summed E-state index contributed by atoms with van der Waals surface area (Å²) < 4.78 is 23.1. The van der Waals surface area contributed by atoms with E-state index in [0.717, 1.165) is 11.1 Å². The van der Waals surface area contributed by atoms with Crippen LogP contribution in [0.25, 0.3) is 0 Å². The van der Waals surface area contributed by atoms with Crippen molar-refractivity contribution in [3.05, 3.63) is 35.4 Å². The summed E-state index contributed by atoms with van der Waals surface area (Å²) in [6.07, 6.45) is 0.198. The van der Waals surface area contributed by atoms with Gasteiger partial charge in [-0.15, -0.1) is 0 Å². The van der Waals surface area contributed by atoms with Crippen molar-refractivity contribution in [2.24, 2.45) is 0 Å². The van der Waals surface area contributed by atoms with Crippen LogP contribution in [0.4, 0.5) is 0 Å². The lowest BCUT2D eigenvalue weighted by atomic mass is 10.1. The third-order valence-electron chi connectivity index (χ3n) is 4.23.